The summed E-state index contributed by atoms with van der Waals surface area (Å²) in [6.45, 7) is 1.27. The van der Waals surface area contributed by atoms with E-state index in [1.54, 1.807) is 6.26 Å². The first kappa shape index (κ1) is 15.3. The van der Waals surface area contributed by atoms with Crippen molar-refractivity contribution in [2.24, 2.45) is 0 Å². The van der Waals surface area contributed by atoms with Gasteiger partial charge in [0.05, 0.1) is 24.7 Å². The zero-order valence-electron chi connectivity index (χ0n) is 12.8. The highest BCUT2D eigenvalue weighted by molar-refractivity contribution is 7.80. The minimum absolute atomic E-state index is 0.583. The van der Waals surface area contributed by atoms with E-state index in [9.17, 15) is 0 Å². The molecule has 0 saturated carbocycles. The second-order valence-electron chi connectivity index (χ2n) is 5.22. The molecular weight excluding hydrogens is 308 g/mol. The van der Waals surface area contributed by atoms with Crippen LogP contribution in [0.4, 0.5) is 0 Å². The standard InChI is InChI=1S/C17H18N4OS/c1-20(17(23)18-11-16-8-5-9-22-16)12-14-10-19-21(13-14)15-6-3-2-4-7-15/h2-10,13H,11-12H2,1H3,(H,18,23). The van der Waals surface area contributed by atoms with Crippen LogP contribution in [0.3, 0.4) is 0 Å². The first-order valence-electron chi connectivity index (χ1n) is 7.33. The number of nitrogens with zero attached hydrogens (tertiary/aromatic N) is 3. The van der Waals surface area contributed by atoms with Gasteiger partial charge in [-0.3, -0.25) is 0 Å². The number of thiocarbonyl (C=S) groups is 1. The summed E-state index contributed by atoms with van der Waals surface area (Å²) in [6, 6.07) is 13.8. The molecule has 0 fully saturated rings. The molecule has 1 N–H and O–H groups in total. The van der Waals surface area contributed by atoms with Crippen molar-refractivity contribution in [2.75, 3.05) is 7.05 Å². The SMILES string of the molecule is CN(Cc1cnn(-c2ccccc2)c1)C(=S)NCc1ccco1. The number of furan rings is 1. The van der Waals surface area contributed by atoms with E-state index in [1.165, 1.54) is 0 Å². The van der Waals surface area contributed by atoms with Crippen LogP contribution in [-0.4, -0.2) is 26.8 Å². The molecule has 23 heavy (non-hydrogen) atoms. The fourth-order valence-electron chi connectivity index (χ4n) is 2.22. The van der Waals surface area contributed by atoms with Crippen molar-refractivity contribution in [1.29, 1.82) is 0 Å². The van der Waals surface area contributed by atoms with Crippen LogP contribution in [-0.2, 0) is 13.1 Å². The van der Waals surface area contributed by atoms with Crippen LogP contribution in [0.15, 0.2) is 65.5 Å². The fraction of sp³-hybridized carbons (Fsp3) is 0.176. The summed E-state index contributed by atoms with van der Waals surface area (Å²) in [5.74, 6) is 0.859. The lowest BCUT2D eigenvalue weighted by Crippen LogP contribution is -2.35. The molecule has 0 saturated heterocycles. The van der Waals surface area contributed by atoms with Crippen molar-refractivity contribution in [3.05, 3.63) is 72.4 Å². The van der Waals surface area contributed by atoms with Crippen molar-refractivity contribution in [2.45, 2.75) is 13.1 Å². The number of hydrogen-bond donors (Lipinski definition) is 1. The van der Waals surface area contributed by atoms with Crippen LogP contribution in [0.5, 0.6) is 0 Å². The van der Waals surface area contributed by atoms with Crippen LogP contribution < -0.4 is 5.32 Å². The first-order valence-corrected chi connectivity index (χ1v) is 7.73. The van der Waals surface area contributed by atoms with Gasteiger partial charge in [0.15, 0.2) is 5.11 Å². The monoisotopic (exact) mass is 326 g/mol. The van der Waals surface area contributed by atoms with E-state index in [4.69, 9.17) is 16.6 Å². The van der Waals surface area contributed by atoms with Crippen LogP contribution in [0.2, 0.25) is 0 Å². The minimum atomic E-state index is 0.583. The van der Waals surface area contributed by atoms with Gasteiger partial charge >= 0.3 is 0 Å². The molecule has 5 nitrogen and oxygen atoms in total. The number of nitrogens with one attached hydrogen (secondary N) is 1. The van der Waals surface area contributed by atoms with Crippen molar-refractivity contribution >= 4 is 17.3 Å². The van der Waals surface area contributed by atoms with Crippen LogP contribution >= 0.6 is 12.2 Å². The molecule has 0 aliphatic carbocycles. The van der Waals surface area contributed by atoms with Gasteiger partial charge in [-0.15, -0.1) is 0 Å². The van der Waals surface area contributed by atoms with Gasteiger partial charge in [0.1, 0.15) is 5.76 Å². The van der Waals surface area contributed by atoms with Crippen molar-refractivity contribution in [1.82, 2.24) is 20.0 Å². The Labute approximate surface area is 140 Å². The van der Waals surface area contributed by atoms with Crippen molar-refractivity contribution < 1.29 is 4.42 Å². The summed E-state index contributed by atoms with van der Waals surface area (Å²) in [5, 5.41) is 8.25. The number of hydrogen-bond acceptors (Lipinski definition) is 3. The summed E-state index contributed by atoms with van der Waals surface area (Å²) >= 11 is 5.40. The quantitative estimate of drug-likeness (QED) is 0.730. The van der Waals surface area contributed by atoms with Crippen molar-refractivity contribution in [3.8, 4) is 5.69 Å². The van der Waals surface area contributed by atoms with Crippen LogP contribution in [0.1, 0.15) is 11.3 Å². The molecular formula is C17H18N4OS. The van der Waals surface area contributed by atoms with Crippen molar-refractivity contribution in [3.63, 3.8) is 0 Å². The van der Waals surface area contributed by atoms with Gasteiger partial charge < -0.3 is 14.6 Å². The van der Waals surface area contributed by atoms with E-state index < -0.39 is 0 Å². The van der Waals surface area contributed by atoms with E-state index in [1.807, 2.05) is 71.5 Å². The largest absolute Gasteiger partial charge is 0.467 e. The Morgan fingerprint density at radius 2 is 2.09 bits per heavy atom. The molecule has 0 aliphatic rings. The Morgan fingerprint density at radius 3 is 2.83 bits per heavy atom. The van der Waals surface area contributed by atoms with Crippen LogP contribution in [0.25, 0.3) is 5.69 Å². The third-order valence-electron chi connectivity index (χ3n) is 3.42. The van der Waals surface area contributed by atoms with Gasteiger partial charge in [0.2, 0.25) is 0 Å². The Balaban J connectivity index is 1.56. The zero-order chi connectivity index (χ0) is 16.1. The van der Waals surface area contributed by atoms with Gasteiger partial charge in [-0.2, -0.15) is 5.10 Å². The molecule has 0 bridgehead atoms. The van der Waals surface area contributed by atoms with E-state index in [2.05, 4.69) is 10.4 Å². The molecule has 0 aliphatic heterocycles. The highest BCUT2D eigenvalue weighted by Crippen LogP contribution is 2.09. The normalized spacial score (nSPS) is 10.5. The smallest absolute Gasteiger partial charge is 0.169 e. The predicted octanol–water partition coefficient (Wildman–Crippen LogP) is 2.97. The highest BCUT2D eigenvalue weighted by Gasteiger charge is 2.08. The third-order valence-corrected chi connectivity index (χ3v) is 3.87. The number of para-hydroxylation sites is 1. The molecule has 118 valence electrons. The van der Waals surface area contributed by atoms with Crippen LogP contribution in [0, 0.1) is 0 Å². The average Bonchev–Trinajstić information content (AvgIpc) is 3.25. The highest BCUT2D eigenvalue weighted by atomic mass is 32.1. The maximum atomic E-state index is 5.40. The summed E-state index contributed by atoms with van der Waals surface area (Å²) in [4.78, 5) is 1.98. The molecule has 3 rings (SSSR count). The van der Waals surface area contributed by atoms with E-state index in [0.29, 0.717) is 18.2 Å². The Hall–Kier alpha value is -2.60. The Bertz CT molecular complexity index is 752. The fourth-order valence-corrected chi connectivity index (χ4v) is 2.36. The van der Waals surface area contributed by atoms with E-state index in [-0.39, 0.29) is 0 Å². The summed E-state index contributed by atoms with van der Waals surface area (Å²) in [6.07, 6.45) is 5.53. The van der Waals surface area contributed by atoms with E-state index >= 15 is 0 Å². The average molecular weight is 326 g/mol. The summed E-state index contributed by atoms with van der Waals surface area (Å²) in [5.41, 5.74) is 2.14. The lowest BCUT2D eigenvalue weighted by atomic mass is 10.3. The molecule has 0 amide bonds. The van der Waals surface area contributed by atoms with Gasteiger partial charge in [0.25, 0.3) is 0 Å². The summed E-state index contributed by atoms with van der Waals surface area (Å²) < 4.78 is 7.14. The Morgan fingerprint density at radius 1 is 1.26 bits per heavy atom. The predicted molar refractivity (Wildman–Crippen MR) is 93.2 cm³/mol. The topological polar surface area (TPSA) is 46.2 Å². The van der Waals surface area contributed by atoms with Gasteiger partial charge in [0, 0.05) is 25.4 Å². The molecule has 0 unspecified atom stereocenters. The molecule has 6 heteroatoms. The zero-order valence-corrected chi connectivity index (χ0v) is 13.7. The second-order valence-corrected chi connectivity index (χ2v) is 5.61. The first-order chi connectivity index (χ1) is 11.2. The molecule has 0 radical (unpaired) electrons. The molecule has 3 aromatic rings. The maximum Gasteiger partial charge on any atom is 0.169 e. The maximum absolute atomic E-state index is 5.40. The van der Waals surface area contributed by atoms with Gasteiger partial charge in [-0.05, 0) is 36.5 Å². The molecule has 2 aromatic heterocycles. The van der Waals surface area contributed by atoms with Gasteiger partial charge in [-0.1, -0.05) is 18.2 Å². The molecule has 0 atom stereocenters. The lowest BCUT2D eigenvalue weighted by Gasteiger charge is -2.19. The molecule has 1 aromatic carbocycles. The molecule has 0 spiro atoms. The summed E-state index contributed by atoms with van der Waals surface area (Å²) in [7, 11) is 1.96. The Kier molecular flexibility index (Phi) is 4.73. The second kappa shape index (κ2) is 7.11. The lowest BCUT2D eigenvalue weighted by molar-refractivity contribution is 0.468. The minimum Gasteiger partial charge on any atom is -0.467 e. The molecule has 2 heterocycles. The number of aromatic nitrogens is 2. The number of rotatable bonds is 5. The number of benzene rings is 1. The van der Waals surface area contributed by atoms with E-state index in [0.717, 1.165) is 17.0 Å². The van der Waals surface area contributed by atoms with Gasteiger partial charge in [-0.25, -0.2) is 4.68 Å². The third kappa shape index (κ3) is 3.98.